The number of hydrogen-bond donors (Lipinski definition) is 1. The largest absolute Gasteiger partial charge is 0.381 e. The van der Waals surface area contributed by atoms with E-state index in [9.17, 15) is 9.18 Å². The first-order chi connectivity index (χ1) is 11.6. The molecule has 1 aliphatic rings. The molecule has 1 heterocycles. The monoisotopic (exact) mass is 347 g/mol. The Morgan fingerprint density at radius 1 is 1.12 bits per heavy atom. The van der Waals surface area contributed by atoms with Gasteiger partial charge in [0.25, 0.3) is 0 Å². The number of halogens is 2. The van der Waals surface area contributed by atoms with Crippen molar-refractivity contribution in [2.24, 2.45) is 5.92 Å². The zero-order valence-corrected chi connectivity index (χ0v) is 13.9. The molecule has 0 aliphatic carbocycles. The first-order valence-corrected chi connectivity index (χ1v) is 8.41. The quantitative estimate of drug-likeness (QED) is 0.903. The van der Waals surface area contributed by atoms with E-state index >= 15 is 0 Å². The van der Waals surface area contributed by atoms with Crippen molar-refractivity contribution < 1.29 is 13.9 Å². The maximum atomic E-state index is 13.3. The molecular formula is C19H19ClFNO2. The second kappa shape index (κ2) is 7.77. The van der Waals surface area contributed by atoms with Crippen LogP contribution >= 0.6 is 11.6 Å². The Labute approximate surface area is 145 Å². The number of hydrogen-bond acceptors (Lipinski definition) is 2. The van der Waals surface area contributed by atoms with E-state index in [1.54, 1.807) is 18.2 Å². The van der Waals surface area contributed by atoms with Crippen LogP contribution in [0.2, 0.25) is 5.02 Å². The summed E-state index contributed by atoms with van der Waals surface area (Å²) in [7, 11) is 0. The van der Waals surface area contributed by atoms with Gasteiger partial charge in [-0.2, -0.15) is 0 Å². The van der Waals surface area contributed by atoms with Gasteiger partial charge >= 0.3 is 0 Å². The van der Waals surface area contributed by atoms with E-state index in [4.69, 9.17) is 16.3 Å². The molecule has 1 fully saturated rings. The fourth-order valence-electron chi connectivity index (χ4n) is 2.92. The Morgan fingerprint density at radius 3 is 2.46 bits per heavy atom. The van der Waals surface area contributed by atoms with Gasteiger partial charge in [-0.1, -0.05) is 41.9 Å². The molecule has 1 amide bonds. The van der Waals surface area contributed by atoms with Crippen LogP contribution in [0.5, 0.6) is 0 Å². The number of benzene rings is 2. The van der Waals surface area contributed by atoms with Gasteiger partial charge in [-0.05, 0) is 42.2 Å². The Morgan fingerprint density at radius 2 is 1.79 bits per heavy atom. The summed E-state index contributed by atoms with van der Waals surface area (Å²) in [6, 6.07) is 13.1. The lowest BCUT2D eigenvalue weighted by atomic mass is 9.95. The molecule has 0 radical (unpaired) electrons. The van der Waals surface area contributed by atoms with Crippen LogP contribution in [-0.4, -0.2) is 19.1 Å². The van der Waals surface area contributed by atoms with E-state index in [2.05, 4.69) is 5.32 Å². The van der Waals surface area contributed by atoms with Crippen LogP contribution in [0.25, 0.3) is 0 Å². The van der Waals surface area contributed by atoms with Gasteiger partial charge < -0.3 is 10.1 Å². The van der Waals surface area contributed by atoms with Crippen molar-refractivity contribution in [2.75, 3.05) is 13.2 Å². The third-order valence-corrected chi connectivity index (χ3v) is 4.64. The maximum absolute atomic E-state index is 13.3. The SMILES string of the molecule is O=C(NC(c1ccc(F)cc1)c1ccccc1Cl)C1CCOCC1. The molecular weight excluding hydrogens is 329 g/mol. The third kappa shape index (κ3) is 3.94. The summed E-state index contributed by atoms with van der Waals surface area (Å²) >= 11 is 6.32. The Kier molecular flexibility index (Phi) is 5.48. The molecule has 0 saturated carbocycles. The molecule has 1 unspecified atom stereocenters. The van der Waals surface area contributed by atoms with Crippen molar-refractivity contribution in [3.63, 3.8) is 0 Å². The number of amides is 1. The normalized spacial score (nSPS) is 16.6. The Hall–Kier alpha value is -1.91. The predicted molar refractivity (Wildman–Crippen MR) is 91.4 cm³/mol. The number of carbonyl (C=O) groups is 1. The van der Waals surface area contributed by atoms with Gasteiger partial charge in [0.2, 0.25) is 5.91 Å². The van der Waals surface area contributed by atoms with Gasteiger partial charge in [0.1, 0.15) is 5.82 Å². The summed E-state index contributed by atoms with van der Waals surface area (Å²) < 4.78 is 18.6. The second-order valence-electron chi connectivity index (χ2n) is 5.90. The molecule has 0 bridgehead atoms. The molecule has 126 valence electrons. The van der Waals surface area contributed by atoms with Gasteiger partial charge in [-0.3, -0.25) is 4.79 Å². The predicted octanol–water partition coefficient (Wildman–Crippen LogP) is 4.11. The summed E-state index contributed by atoms with van der Waals surface area (Å²) in [5.41, 5.74) is 1.59. The molecule has 1 atom stereocenters. The van der Waals surface area contributed by atoms with Crippen molar-refractivity contribution >= 4 is 17.5 Å². The lowest BCUT2D eigenvalue weighted by Gasteiger charge is -2.26. The van der Waals surface area contributed by atoms with Gasteiger partial charge in [0.15, 0.2) is 0 Å². The molecule has 5 heteroatoms. The van der Waals surface area contributed by atoms with Gasteiger partial charge in [-0.15, -0.1) is 0 Å². The Bertz CT molecular complexity index is 699. The number of carbonyl (C=O) groups excluding carboxylic acids is 1. The molecule has 0 spiro atoms. The number of rotatable bonds is 4. The fraction of sp³-hybridized carbons (Fsp3) is 0.316. The van der Waals surface area contributed by atoms with Gasteiger partial charge in [0, 0.05) is 24.2 Å². The van der Waals surface area contributed by atoms with Gasteiger partial charge in [0.05, 0.1) is 6.04 Å². The van der Waals surface area contributed by atoms with Crippen molar-refractivity contribution in [3.8, 4) is 0 Å². The lowest BCUT2D eigenvalue weighted by molar-refractivity contribution is -0.128. The lowest BCUT2D eigenvalue weighted by Crippen LogP contribution is -2.37. The minimum atomic E-state index is -0.408. The zero-order valence-electron chi connectivity index (χ0n) is 13.2. The summed E-state index contributed by atoms with van der Waals surface area (Å²) in [4.78, 5) is 12.6. The van der Waals surface area contributed by atoms with Crippen molar-refractivity contribution in [2.45, 2.75) is 18.9 Å². The first-order valence-electron chi connectivity index (χ1n) is 8.03. The number of nitrogens with one attached hydrogen (secondary N) is 1. The number of ether oxygens (including phenoxy) is 1. The molecule has 3 rings (SSSR count). The highest BCUT2D eigenvalue weighted by Crippen LogP contribution is 2.29. The van der Waals surface area contributed by atoms with Crippen LogP contribution in [0.15, 0.2) is 48.5 Å². The highest BCUT2D eigenvalue weighted by Gasteiger charge is 2.26. The summed E-state index contributed by atoms with van der Waals surface area (Å²) in [5.74, 6) is -0.399. The van der Waals surface area contributed by atoms with Crippen LogP contribution in [0.3, 0.4) is 0 Å². The molecule has 24 heavy (non-hydrogen) atoms. The van der Waals surface area contributed by atoms with E-state index in [0.29, 0.717) is 31.1 Å². The summed E-state index contributed by atoms with van der Waals surface area (Å²) in [6.07, 6.45) is 1.43. The van der Waals surface area contributed by atoms with E-state index < -0.39 is 6.04 Å². The maximum Gasteiger partial charge on any atom is 0.224 e. The van der Waals surface area contributed by atoms with Crippen LogP contribution < -0.4 is 5.32 Å². The Balaban J connectivity index is 1.88. The average Bonchev–Trinajstić information content (AvgIpc) is 2.62. The molecule has 1 aliphatic heterocycles. The van der Waals surface area contributed by atoms with Crippen molar-refractivity contribution in [1.29, 1.82) is 0 Å². The third-order valence-electron chi connectivity index (χ3n) is 4.30. The summed E-state index contributed by atoms with van der Waals surface area (Å²) in [6.45, 7) is 1.21. The molecule has 2 aromatic carbocycles. The highest BCUT2D eigenvalue weighted by atomic mass is 35.5. The van der Waals surface area contributed by atoms with Crippen molar-refractivity contribution in [3.05, 3.63) is 70.5 Å². The van der Waals surface area contributed by atoms with Gasteiger partial charge in [-0.25, -0.2) is 4.39 Å². The van der Waals surface area contributed by atoms with Crippen LogP contribution in [0.4, 0.5) is 4.39 Å². The van der Waals surface area contributed by atoms with Crippen LogP contribution in [0.1, 0.15) is 30.0 Å². The molecule has 1 N–H and O–H groups in total. The molecule has 1 saturated heterocycles. The molecule has 0 aromatic heterocycles. The second-order valence-corrected chi connectivity index (χ2v) is 6.31. The smallest absolute Gasteiger partial charge is 0.224 e. The zero-order chi connectivity index (χ0) is 16.9. The van der Waals surface area contributed by atoms with E-state index in [1.807, 2.05) is 18.2 Å². The summed E-state index contributed by atoms with van der Waals surface area (Å²) in [5, 5.41) is 3.65. The molecule has 2 aromatic rings. The first kappa shape index (κ1) is 16.9. The minimum absolute atomic E-state index is 0.0208. The fourth-order valence-corrected chi connectivity index (χ4v) is 3.17. The average molecular weight is 348 g/mol. The minimum Gasteiger partial charge on any atom is -0.381 e. The molecule has 3 nitrogen and oxygen atoms in total. The van der Waals surface area contributed by atoms with Crippen LogP contribution in [0, 0.1) is 11.7 Å². The highest BCUT2D eigenvalue weighted by molar-refractivity contribution is 6.31. The van der Waals surface area contributed by atoms with E-state index in [-0.39, 0.29) is 17.6 Å². The van der Waals surface area contributed by atoms with Crippen molar-refractivity contribution in [1.82, 2.24) is 5.32 Å². The standard InChI is InChI=1S/C19H19ClFNO2/c20-17-4-2-1-3-16(17)18(13-5-7-15(21)8-6-13)22-19(23)14-9-11-24-12-10-14/h1-8,14,18H,9-12H2,(H,22,23). The van der Waals surface area contributed by atoms with E-state index in [1.165, 1.54) is 12.1 Å². The topological polar surface area (TPSA) is 38.3 Å². The van der Waals surface area contributed by atoms with E-state index in [0.717, 1.165) is 11.1 Å². The van der Waals surface area contributed by atoms with Crippen LogP contribution in [-0.2, 0) is 9.53 Å².